The molecule has 1 aromatic rings. The number of nitrogens with zero attached hydrogens (tertiary/aromatic N) is 4. The van der Waals surface area contributed by atoms with Crippen LogP contribution in [0.2, 0.25) is 0 Å². The Morgan fingerprint density at radius 2 is 2.20 bits per heavy atom. The van der Waals surface area contributed by atoms with E-state index in [9.17, 15) is 0 Å². The first kappa shape index (κ1) is 13.8. The summed E-state index contributed by atoms with van der Waals surface area (Å²) in [6.45, 7) is 4.81. The van der Waals surface area contributed by atoms with E-state index < -0.39 is 0 Å². The first-order valence-electron chi connectivity index (χ1n) is 7.95. The molecular formula is C16H26N4. The van der Waals surface area contributed by atoms with Crippen molar-refractivity contribution in [2.75, 3.05) is 32.1 Å². The predicted molar refractivity (Wildman–Crippen MR) is 82.1 cm³/mol. The molecule has 20 heavy (non-hydrogen) atoms. The summed E-state index contributed by atoms with van der Waals surface area (Å²) in [6, 6.07) is 0.727. The van der Waals surface area contributed by atoms with E-state index in [1.807, 2.05) is 19.0 Å². The van der Waals surface area contributed by atoms with Crippen LogP contribution in [-0.2, 0) is 12.8 Å². The molecule has 4 heteroatoms. The summed E-state index contributed by atoms with van der Waals surface area (Å²) in [4.78, 5) is 14.0. The Morgan fingerprint density at radius 3 is 2.95 bits per heavy atom. The van der Waals surface area contributed by atoms with Crippen LogP contribution in [0.3, 0.4) is 0 Å². The summed E-state index contributed by atoms with van der Waals surface area (Å²) >= 11 is 0. The zero-order valence-electron chi connectivity index (χ0n) is 13.0. The van der Waals surface area contributed by atoms with Crippen molar-refractivity contribution >= 4 is 5.95 Å². The number of hydrogen-bond acceptors (Lipinski definition) is 4. The van der Waals surface area contributed by atoms with Crippen LogP contribution in [0, 0.1) is 5.92 Å². The minimum Gasteiger partial charge on any atom is -0.347 e. The third kappa shape index (κ3) is 2.53. The summed E-state index contributed by atoms with van der Waals surface area (Å²) in [6.07, 6.45) is 8.32. The molecule has 0 N–H and O–H groups in total. The molecule has 1 aliphatic heterocycles. The summed E-state index contributed by atoms with van der Waals surface area (Å²) in [5, 5.41) is 0. The Balaban J connectivity index is 1.84. The third-order valence-electron chi connectivity index (χ3n) is 4.77. The van der Waals surface area contributed by atoms with Crippen molar-refractivity contribution in [3.05, 3.63) is 17.5 Å². The molecule has 1 aromatic heterocycles. The summed E-state index contributed by atoms with van der Waals surface area (Å²) in [5.74, 6) is 1.65. The fraction of sp³-hybridized carbons (Fsp3) is 0.750. The van der Waals surface area contributed by atoms with Crippen LogP contribution in [0.4, 0.5) is 5.95 Å². The van der Waals surface area contributed by atoms with Gasteiger partial charge in [0.05, 0.1) is 0 Å². The minimum atomic E-state index is 0.727. The average molecular weight is 274 g/mol. The number of anilines is 1. The van der Waals surface area contributed by atoms with Crippen LogP contribution in [0.15, 0.2) is 6.20 Å². The molecule has 110 valence electrons. The van der Waals surface area contributed by atoms with Crippen molar-refractivity contribution in [1.82, 2.24) is 14.9 Å². The molecule has 0 amide bonds. The fourth-order valence-corrected chi connectivity index (χ4v) is 3.78. The van der Waals surface area contributed by atoms with Gasteiger partial charge in [0.25, 0.3) is 0 Å². The summed E-state index contributed by atoms with van der Waals surface area (Å²) in [5.41, 5.74) is 2.67. The number of likely N-dealkylation sites (tertiary alicyclic amines) is 1. The first-order chi connectivity index (χ1) is 9.69. The van der Waals surface area contributed by atoms with Crippen molar-refractivity contribution in [3.63, 3.8) is 0 Å². The summed E-state index contributed by atoms with van der Waals surface area (Å²) in [7, 11) is 4.02. The van der Waals surface area contributed by atoms with Gasteiger partial charge in [0.1, 0.15) is 0 Å². The van der Waals surface area contributed by atoms with Gasteiger partial charge in [-0.25, -0.2) is 9.97 Å². The lowest BCUT2D eigenvalue weighted by molar-refractivity contribution is 0.0845. The Hall–Kier alpha value is -1.16. The van der Waals surface area contributed by atoms with Crippen LogP contribution in [0.25, 0.3) is 0 Å². The highest BCUT2D eigenvalue weighted by molar-refractivity contribution is 5.33. The van der Waals surface area contributed by atoms with Crippen LogP contribution in [0.1, 0.15) is 37.4 Å². The molecule has 0 saturated carbocycles. The van der Waals surface area contributed by atoms with E-state index in [1.165, 1.54) is 43.6 Å². The molecule has 0 unspecified atom stereocenters. The summed E-state index contributed by atoms with van der Waals surface area (Å²) < 4.78 is 0. The lowest BCUT2D eigenvalue weighted by Crippen LogP contribution is -2.49. The second-order valence-corrected chi connectivity index (χ2v) is 6.45. The minimum absolute atomic E-state index is 0.727. The molecule has 0 bridgehead atoms. The topological polar surface area (TPSA) is 32.3 Å². The maximum absolute atomic E-state index is 4.77. The largest absolute Gasteiger partial charge is 0.347 e. The SMILES string of the molecule is CCCN1CCC[C@@H]2Cc3nc(N(C)C)ncc3C[C@H]21. The van der Waals surface area contributed by atoms with Gasteiger partial charge in [-0.15, -0.1) is 0 Å². The molecule has 1 saturated heterocycles. The molecule has 4 nitrogen and oxygen atoms in total. The van der Waals surface area contributed by atoms with Crippen molar-refractivity contribution in [2.45, 2.75) is 45.1 Å². The van der Waals surface area contributed by atoms with Gasteiger partial charge in [0.15, 0.2) is 0 Å². The van der Waals surface area contributed by atoms with E-state index in [2.05, 4.69) is 23.0 Å². The lowest BCUT2D eigenvalue weighted by atomic mass is 9.77. The highest BCUT2D eigenvalue weighted by atomic mass is 15.2. The smallest absolute Gasteiger partial charge is 0.224 e. The van der Waals surface area contributed by atoms with Gasteiger partial charge in [-0.1, -0.05) is 6.92 Å². The molecule has 3 rings (SSSR count). The third-order valence-corrected chi connectivity index (χ3v) is 4.77. The molecule has 0 aromatic carbocycles. The van der Waals surface area contributed by atoms with Gasteiger partial charge in [0.2, 0.25) is 5.95 Å². The van der Waals surface area contributed by atoms with Crippen LogP contribution in [0.5, 0.6) is 0 Å². The van der Waals surface area contributed by atoms with Gasteiger partial charge in [-0.05, 0) is 56.7 Å². The Labute approximate surface area is 122 Å². The average Bonchev–Trinajstić information content (AvgIpc) is 2.45. The highest BCUT2D eigenvalue weighted by Crippen LogP contribution is 2.34. The van der Waals surface area contributed by atoms with Crippen molar-refractivity contribution in [3.8, 4) is 0 Å². The van der Waals surface area contributed by atoms with E-state index in [0.29, 0.717) is 0 Å². The van der Waals surface area contributed by atoms with E-state index in [-0.39, 0.29) is 0 Å². The second-order valence-electron chi connectivity index (χ2n) is 6.45. The highest BCUT2D eigenvalue weighted by Gasteiger charge is 2.35. The van der Waals surface area contributed by atoms with E-state index in [0.717, 1.165) is 30.7 Å². The molecule has 1 fully saturated rings. The van der Waals surface area contributed by atoms with E-state index in [4.69, 9.17) is 4.98 Å². The van der Waals surface area contributed by atoms with Gasteiger partial charge < -0.3 is 4.90 Å². The monoisotopic (exact) mass is 274 g/mol. The fourth-order valence-electron chi connectivity index (χ4n) is 3.78. The molecule has 2 heterocycles. The zero-order valence-corrected chi connectivity index (χ0v) is 13.0. The first-order valence-corrected chi connectivity index (χ1v) is 7.95. The number of aromatic nitrogens is 2. The molecular weight excluding hydrogens is 248 g/mol. The lowest BCUT2D eigenvalue weighted by Gasteiger charge is -2.44. The second kappa shape index (κ2) is 5.68. The van der Waals surface area contributed by atoms with Gasteiger partial charge in [0, 0.05) is 32.0 Å². The maximum atomic E-state index is 4.77. The Bertz CT molecular complexity index is 470. The van der Waals surface area contributed by atoms with Gasteiger partial charge in [-0.2, -0.15) is 0 Å². The number of piperidine rings is 1. The molecule has 0 radical (unpaired) electrons. The molecule has 1 aliphatic carbocycles. The Kier molecular flexibility index (Phi) is 3.92. The van der Waals surface area contributed by atoms with E-state index in [1.54, 1.807) is 0 Å². The van der Waals surface area contributed by atoms with E-state index >= 15 is 0 Å². The van der Waals surface area contributed by atoms with Gasteiger partial charge >= 0.3 is 0 Å². The molecule has 2 atom stereocenters. The quantitative estimate of drug-likeness (QED) is 0.845. The van der Waals surface area contributed by atoms with Crippen LogP contribution < -0.4 is 4.90 Å². The predicted octanol–water partition coefficient (Wildman–Crippen LogP) is 2.13. The number of hydrogen-bond donors (Lipinski definition) is 0. The maximum Gasteiger partial charge on any atom is 0.224 e. The number of rotatable bonds is 3. The van der Waals surface area contributed by atoms with Crippen molar-refractivity contribution in [1.29, 1.82) is 0 Å². The van der Waals surface area contributed by atoms with Crippen molar-refractivity contribution < 1.29 is 0 Å². The van der Waals surface area contributed by atoms with Crippen molar-refractivity contribution in [2.24, 2.45) is 5.92 Å². The normalized spacial score (nSPS) is 25.9. The van der Waals surface area contributed by atoms with Crippen LogP contribution in [-0.4, -0.2) is 48.1 Å². The number of fused-ring (bicyclic) bond motifs is 2. The zero-order chi connectivity index (χ0) is 14.1. The standard InChI is InChI=1S/C16H26N4/c1-4-7-20-8-5-6-12-9-14-13(10-15(12)20)11-17-16(18-14)19(2)3/h11-12,15H,4-10H2,1-3H3/t12-,15-/m1/s1. The van der Waals surface area contributed by atoms with Crippen LogP contribution >= 0.6 is 0 Å². The Morgan fingerprint density at radius 1 is 1.35 bits per heavy atom. The molecule has 0 spiro atoms. The van der Waals surface area contributed by atoms with Gasteiger partial charge in [-0.3, -0.25) is 4.90 Å². The molecule has 2 aliphatic rings.